The van der Waals surface area contributed by atoms with E-state index >= 15 is 0 Å². The van der Waals surface area contributed by atoms with E-state index in [0.29, 0.717) is 43.5 Å². The SMILES string of the molecule is O=S(=O)(O)SCCNCCCC1(c2ccc(F)cc2)OCCO1. The maximum Gasteiger partial charge on any atom is 0.319 e. The first kappa shape index (κ1) is 18.6. The van der Waals surface area contributed by atoms with E-state index in [1.54, 1.807) is 12.1 Å². The van der Waals surface area contributed by atoms with Crippen LogP contribution in [-0.2, 0) is 24.4 Å². The monoisotopic (exact) mass is 365 g/mol. The van der Waals surface area contributed by atoms with Crippen LogP contribution >= 0.6 is 10.8 Å². The van der Waals surface area contributed by atoms with Crippen LogP contribution < -0.4 is 5.32 Å². The lowest BCUT2D eigenvalue weighted by Crippen LogP contribution is -2.29. The van der Waals surface area contributed by atoms with Crippen molar-refractivity contribution in [2.45, 2.75) is 18.6 Å². The van der Waals surface area contributed by atoms with Crippen molar-refractivity contribution >= 4 is 19.9 Å². The van der Waals surface area contributed by atoms with E-state index in [1.807, 2.05) is 0 Å². The third-order valence-electron chi connectivity index (χ3n) is 3.41. The molecule has 0 bridgehead atoms. The topological polar surface area (TPSA) is 84.9 Å². The van der Waals surface area contributed by atoms with Crippen LogP contribution in [0.25, 0.3) is 0 Å². The van der Waals surface area contributed by atoms with Gasteiger partial charge in [0.2, 0.25) is 0 Å². The van der Waals surface area contributed by atoms with Crippen LogP contribution in [0, 0.1) is 5.82 Å². The Labute approximate surface area is 138 Å². The number of hydrogen-bond donors (Lipinski definition) is 2. The lowest BCUT2D eigenvalue weighted by Gasteiger charge is -2.28. The third kappa shape index (κ3) is 6.02. The first-order valence-corrected chi connectivity index (χ1v) is 10.2. The minimum atomic E-state index is -3.97. The number of benzene rings is 1. The summed E-state index contributed by atoms with van der Waals surface area (Å²) in [5.74, 6) is -0.868. The molecule has 1 fully saturated rings. The average Bonchev–Trinajstić information content (AvgIpc) is 2.96. The van der Waals surface area contributed by atoms with E-state index in [2.05, 4.69) is 5.32 Å². The lowest BCUT2D eigenvalue weighted by atomic mass is 10.0. The van der Waals surface area contributed by atoms with E-state index in [1.165, 1.54) is 12.1 Å². The molecule has 1 saturated heterocycles. The predicted octanol–water partition coefficient (Wildman–Crippen LogP) is 1.93. The van der Waals surface area contributed by atoms with Gasteiger partial charge in [-0.05, 0) is 35.9 Å². The molecule has 0 amide bonds. The summed E-state index contributed by atoms with van der Waals surface area (Å²) in [4.78, 5) is 0. The summed E-state index contributed by atoms with van der Waals surface area (Å²) in [6, 6.07) is 6.09. The fraction of sp³-hybridized carbons (Fsp3) is 0.571. The highest BCUT2D eigenvalue weighted by atomic mass is 33.1. The average molecular weight is 365 g/mol. The van der Waals surface area contributed by atoms with Crippen molar-refractivity contribution in [1.82, 2.24) is 5.32 Å². The molecular formula is C14H20FNO5S2. The molecule has 0 spiro atoms. The van der Waals surface area contributed by atoms with E-state index in [9.17, 15) is 12.8 Å². The molecule has 1 aliphatic heterocycles. The molecule has 6 nitrogen and oxygen atoms in total. The summed E-state index contributed by atoms with van der Waals surface area (Å²) >= 11 is 0. The van der Waals surface area contributed by atoms with Crippen LogP contribution in [0.4, 0.5) is 4.39 Å². The quantitative estimate of drug-likeness (QED) is 0.393. The Hall–Kier alpha value is -0.710. The van der Waals surface area contributed by atoms with Crippen molar-refractivity contribution in [1.29, 1.82) is 0 Å². The smallest absolute Gasteiger partial charge is 0.319 e. The first-order chi connectivity index (χ1) is 10.9. The van der Waals surface area contributed by atoms with Gasteiger partial charge in [-0.3, -0.25) is 4.55 Å². The summed E-state index contributed by atoms with van der Waals surface area (Å²) in [6.07, 6.45) is 1.35. The molecule has 1 aromatic rings. The van der Waals surface area contributed by atoms with Gasteiger partial charge in [0.25, 0.3) is 0 Å². The van der Waals surface area contributed by atoms with Gasteiger partial charge in [0.1, 0.15) is 5.82 Å². The van der Waals surface area contributed by atoms with Crippen LogP contribution in [0.1, 0.15) is 18.4 Å². The predicted molar refractivity (Wildman–Crippen MR) is 86.1 cm³/mol. The maximum atomic E-state index is 13.1. The van der Waals surface area contributed by atoms with E-state index < -0.39 is 14.9 Å². The standard InChI is InChI=1S/C14H20FNO5S2/c15-13-4-2-12(3-5-13)14(20-9-10-21-14)6-1-7-16-8-11-22-23(17,18)19/h2-5,16H,1,6-11H2,(H,17,18,19). The number of rotatable bonds is 9. The van der Waals surface area contributed by atoms with Crippen LogP contribution in [0.3, 0.4) is 0 Å². The van der Waals surface area contributed by atoms with Gasteiger partial charge in [-0.15, -0.1) is 0 Å². The highest BCUT2D eigenvalue weighted by Gasteiger charge is 2.37. The summed E-state index contributed by atoms with van der Waals surface area (Å²) in [6.45, 7) is 2.11. The second kappa shape index (κ2) is 8.41. The van der Waals surface area contributed by atoms with Crippen LogP contribution in [0.15, 0.2) is 24.3 Å². The van der Waals surface area contributed by atoms with E-state index in [-0.39, 0.29) is 11.6 Å². The Morgan fingerprint density at radius 1 is 1.22 bits per heavy atom. The third-order valence-corrected chi connectivity index (χ3v) is 5.47. The van der Waals surface area contributed by atoms with E-state index in [4.69, 9.17) is 14.0 Å². The molecule has 23 heavy (non-hydrogen) atoms. The zero-order valence-electron chi connectivity index (χ0n) is 12.5. The Kier molecular flexibility index (Phi) is 6.81. The molecule has 9 heteroatoms. The minimum Gasteiger partial charge on any atom is -0.343 e. The Morgan fingerprint density at radius 3 is 2.48 bits per heavy atom. The highest BCUT2D eigenvalue weighted by Crippen LogP contribution is 2.35. The molecule has 1 heterocycles. The largest absolute Gasteiger partial charge is 0.343 e. The Balaban J connectivity index is 1.76. The highest BCUT2D eigenvalue weighted by molar-refractivity contribution is 8.69. The number of ether oxygens (including phenoxy) is 2. The van der Waals surface area contributed by atoms with Gasteiger partial charge in [0.15, 0.2) is 5.79 Å². The van der Waals surface area contributed by atoms with Gasteiger partial charge in [0, 0.05) is 24.3 Å². The number of halogens is 1. The van der Waals surface area contributed by atoms with Crippen molar-refractivity contribution in [3.63, 3.8) is 0 Å². The van der Waals surface area contributed by atoms with Gasteiger partial charge in [0.05, 0.1) is 13.2 Å². The fourth-order valence-electron chi connectivity index (χ4n) is 2.40. The Bertz CT molecular complexity index is 588. The molecule has 0 aliphatic carbocycles. The van der Waals surface area contributed by atoms with Gasteiger partial charge >= 0.3 is 9.15 Å². The van der Waals surface area contributed by atoms with Crippen molar-refractivity contribution < 1.29 is 26.8 Å². The van der Waals surface area contributed by atoms with Gasteiger partial charge in [-0.2, -0.15) is 8.42 Å². The van der Waals surface area contributed by atoms with Crippen molar-refractivity contribution in [2.24, 2.45) is 0 Å². The fourth-order valence-corrected chi connectivity index (χ4v) is 3.72. The van der Waals surface area contributed by atoms with Gasteiger partial charge < -0.3 is 14.8 Å². The second-order valence-corrected chi connectivity index (χ2v) is 8.53. The maximum absolute atomic E-state index is 13.1. The molecule has 1 aliphatic rings. The first-order valence-electron chi connectivity index (χ1n) is 7.28. The molecule has 130 valence electrons. The number of hydrogen-bond acceptors (Lipinski definition) is 6. The van der Waals surface area contributed by atoms with Gasteiger partial charge in [-0.25, -0.2) is 4.39 Å². The zero-order chi connectivity index (χ0) is 16.8. The van der Waals surface area contributed by atoms with Crippen molar-refractivity contribution in [2.75, 3.05) is 32.1 Å². The summed E-state index contributed by atoms with van der Waals surface area (Å²) in [5, 5.41) is 3.09. The van der Waals surface area contributed by atoms with Crippen LogP contribution in [-0.4, -0.2) is 45.0 Å². The zero-order valence-corrected chi connectivity index (χ0v) is 14.2. The van der Waals surface area contributed by atoms with Crippen molar-refractivity contribution in [3.05, 3.63) is 35.6 Å². The molecule has 0 atom stereocenters. The lowest BCUT2D eigenvalue weighted by molar-refractivity contribution is -0.171. The molecule has 0 unspecified atom stereocenters. The minimum absolute atomic E-state index is 0.273. The van der Waals surface area contributed by atoms with Crippen molar-refractivity contribution in [3.8, 4) is 0 Å². The molecule has 2 N–H and O–H groups in total. The summed E-state index contributed by atoms with van der Waals surface area (Å²) in [7, 11) is -3.48. The second-order valence-electron chi connectivity index (χ2n) is 5.06. The number of nitrogens with one attached hydrogen (secondary N) is 1. The molecule has 2 rings (SSSR count). The molecule has 1 aromatic carbocycles. The summed E-state index contributed by atoms with van der Waals surface area (Å²) < 4.78 is 54.2. The Morgan fingerprint density at radius 2 is 1.87 bits per heavy atom. The molecule has 0 radical (unpaired) electrons. The molecule has 0 aromatic heterocycles. The molecule has 0 saturated carbocycles. The normalized spacial score (nSPS) is 17.5. The van der Waals surface area contributed by atoms with Gasteiger partial charge in [-0.1, -0.05) is 12.1 Å². The molecular weight excluding hydrogens is 345 g/mol. The van der Waals surface area contributed by atoms with E-state index in [0.717, 1.165) is 12.0 Å². The van der Waals surface area contributed by atoms with Crippen LogP contribution in [0.5, 0.6) is 0 Å². The van der Waals surface area contributed by atoms with Crippen LogP contribution in [0.2, 0.25) is 0 Å². The summed E-state index contributed by atoms with van der Waals surface area (Å²) in [5.41, 5.74) is 0.790.